The molecule has 0 saturated carbocycles. The monoisotopic (exact) mass is 543 g/mol. The number of hydrogen-bond donors (Lipinski definition) is 2. The van der Waals surface area contributed by atoms with Gasteiger partial charge in [-0.1, -0.05) is 102 Å². The molecule has 1 atom stereocenters. The fraction of sp³-hybridized carbons (Fsp3) is 0.167. The Morgan fingerprint density at radius 3 is 2.45 bits per heavy atom. The van der Waals surface area contributed by atoms with Gasteiger partial charge < -0.3 is 15.0 Å². The van der Waals surface area contributed by atoms with Crippen molar-refractivity contribution in [3.8, 4) is 0 Å². The molecule has 4 aromatic rings. The predicted molar refractivity (Wildman–Crippen MR) is 153 cm³/mol. The molecule has 0 fully saturated rings. The first-order chi connectivity index (χ1) is 18.5. The molecular formula is C30H26ClN3O3S. The van der Waals surface area contributed by atoms with Crippen LogP contribution in [-0.4, -0.2) is 22.5 Å². The summed E-state index contributed by atoms with van der Waals surface area (Å²) in [5.74, 6) is -0.197. The number of thioether (sulfide) groups is 1. The van der Waals surface area contributed by atoms with Crippen LogP contribution in [0, 0.1) is 6.92 Å². The Hall–Kier alpha value is -3.81. The van der Waals surface area contributed by atoms with Gasteiger partial charge in [0.15, 0.2) is 5.16 Å². The molecule has 2 heterocycles. The van der Waals surface area contributed by atoms with Crippen LogP contribution in [0.1, 0.15) is 40.7 Å². The number of carbonyl (C=O) groups excluding carboxylic acids is 1. The van der Waals surface area contributed by atoms with E-state index in [9.17, 15) is 9.59 Å². The molecule has 1 aliphatic rings. The maximum Gasteiger partial charge on any atom is 0.337 e. The first-order valence-electron chi connectivity index (χ1n) is 12.3. The Kier molecular flexibility index (Phi) is 7.67. The highest BCUT2D eigenvalue weighted by Gasteiger charge is 2.38. The van der Waals surface area contributed by atoms with Gasteiger partial charge in [0.25, 0.3) is 5.56 Å². The number of aryl methyl sites for hydroxylation is 1. The highest BCUT2D eigenvalue weighted by atomic mass is 35.5. The van der Waals surface area contributed by atoms with Gasteiger partial charge in [0.05, 0.1) is 29.4 Å². The molecule has 8 heteroatoms. The first kappa shape index (κ1) is 25.8. The van der Waals surface area contributed by atoms with Crippen molar-refractivity contribution in [1.82, 2.24) is 9.97 Å². The van der Waals surface area contributed by atoms with Crippen LogP contribution in [-0.2, 0) is 15.3 Å². The van der Waals surface area contributed by atoms with E-state index in [1.807, 2.05) is 85.8 Å². The standard InChI is InChI=1S/C30H26ClN3O3S/c1-3-37-29(36)24-23(19-15-13-18(2)14-16-19)25-27(32-26(24)20-9-5-4-6-10-20)33-30(34-28(25)35)38-17-21-11-7-8-12-22(21)31/h4-16,23H,3,17H2,1-2H3,(H2,32,33,34,35). The molecular weight excluding hydrogens is 518 g/mol. The van der Waals surface area contributed by atoms with E-state index in [2.05, 4.69) is 10.3 Å². The van der Waals surface area contributed by atoms with Crippen molar-refractivity contribution < 1.29 is 9.53 Å². The normalized spacial score (nSPS) is 14.6. The number of aromatic nitrogens is 2. The van der Waals surface area contributed by atoms with E-state index in [-0.39, 0.29) is 12.2 Å². The first-order valence-corrected chi connectivity index (χ1v) is 13.6. The van der Waals surface area contributed by atoms with Gasteiger partial charge in [0, 0.05) is 10.8 Å². The molecule has 2 N–H and O–H groups in total. The van der Waals surface area contributed by atoms with Gasteiger partial charge in [0.1, 0.15) is 5.82 Å². The van der Waals surface area contributed by atoms with E-state index in [0.29, 0.717) is 38.6 Å². The van der Waals surface area contributed by atoms with Crippen molar-refractivity contribution in [2.24, 2.45) is 0 Å². The minimum atomic E-state index is -0.667. The average Bonchev–Trinajstić information content (AvgIpc) is 2.92. The number of halogens is 1. The van der Waals surface area contributed by atoms with Crippen molar-refractivity contribution in [2.75, 3.05) is 11.9 Å². The second kappa shape index (κ2) is 11.3. The lowest BCUT2D eigenvalue weighted by atomic mass is 9.81. The van der Waals surface area contributed by atoms with E-state index in [1.54, 1.807) is 6.92 Å². The van der Waals surface area contributed by atoms with Gasteiger partial charge in [-0.3, -0.25) is 4.79 Å². The van der Waals surface area contributed by atoms with Gasteiger partial charge in [-0.05, 0) is 36.6 Å². The van der Waals surface area contributed by atoms with E-state index >= 15 is 0 Å². The zero-order valence-corrected chi connectivity index (χ0v) is 22.5. The summed E-state index contributed by atoms with van der Waals surface area (Å²) in [4.78, 5) is 34.8. The van der Waals surface area contributed by atoms with E-state index in [4.69, 9.17) is 21.3 Å². The maximum atomic E-state index is 13.6. The van der Waals surface area contributed by atoms with Crippen LogP contribution in [0.25, 0.3) is 5.70 Å². The molecule has 1 aliphatic heterocycles. The molecule has 0 bridgehead atoms. The number of esters is 1. The summed E-state index contributed by atoms with van der Waals surface area (Å²) in [5, 5.41) is 4.43. The summed E-state index contributed by atoms with van der Waals surface area (Å²) >= 11 is 7.71. The Bertz CT molecular complexity index is 1570. The number of H-pyrrole nitrogens is 1. The van der Waals surface area contributed by atoms with Crippen LogP contribution in [0.3, 0.4) is 0 Å². The highest BCUT2D eigenvalue weighted by Crippen LogP contribution is 2.43. The number of benzene rings is 3. The summed E-state index contributed by atoms with van der Waals surface area (Å²) in [6.07, 6.45) is 0. The van der Waals surface area contributed by atoms with E-state index in [0.717, 1.165) is 22.3 Å². The predicted octanol–water partition coefficient (Wildman–Crippen LogP) is 6.56. The van der Waals surface area contributed by atoms with Crippen molar-refractivity contribution >= 4 is 40.8 Å². The van der Waals surface area contributed by atoms with Crippen LogP contribution < -0.4 is 10.9 Å². The fourth-order valence-electron chi connectivity index (χ4n) is 4.48. The summed E-state index contributed by atoms with van der Waals surface area (Å²) < 4.78 is 5.50. The Morgan fingerprint density at radius 2 is 1.74 bits per heavy atom. The molecule has 3 aromatic carbocycles. The van der Waals surface area contributed by atoms with Crippen molar-refractivity contribution in [1.29, 1.82) is 0 Å². The summed E-state index contributed by atoms with van der Waals surface area (Å²) in [6.45, 7) is 3.97. The summed E-state index contributed by atoms with van der Waals surface area (Å²) in [6, 6.07) is 24.9. The molecule has 0 aliphatic carbocycles. The minimum Gasteiger partial charge on any atom is -0.463 e. The Labute approximate surface area is 230 Å². The molecule has 0 spiro atoms. The Morgan fingerprint density at radius 1 is 1.03 bits per heavy atom. The fourth-order valence-corrected chi connectivity index (χ4v) is 5.63. The molecule has 0 amide bonds. The van der Waals surface area contributed by atoms with E-state index in [1.165, 1.54) is 11.8 Å². The maximum absolute atomic E-state index is 13.6. The van der Waals surface area contributed by atoms with Crippen molar-refractivity contribution in [3.05, 3.63) is 128 Å². The second-order valence-corrected chi connectivity index (χ2v) is 10.2. The summed E-state index contributed by atoms with van der Waals surface area (Å²) in [7, 11) is 0. The second-order valence-electron chi connectivity index (χ2n) is 8.86. The highest BCUT2D eigenvalue weighted by molar-refractivity contribution is 7.98. The largest absolute Gasteiger partial charge is 0.463 e. The summed E-state index contributed by atoms with van der Waals surface area (Å²) in [5.41, 5.74) is 4.62. The number of nitrogens with one attached hydrogen (secondary N) is 2. The quantitative estimate of drug-likeness (QED) is 0.156. The van der Waals surface area contributed by atoms with Crippen LogP contribution in [0.4, 0.5) is 5.82 Å². The van der Waals surface area contributed by atoms with Gasteiger partial charge >= 0.3 is 5.97 Å². The third kappa shape index (κ3) is 5.26. The number of hydrogen-bond acceptors (Lipinski definition) is 6. The van der Waals surface area contributed by atoms with Gasteiger partial charge in [-0.15, -0.1) is 0 Å². The zero-order valence-electron chi connectivity index (χ0n) is 21.0. The SMILES string of the molecule is CCOC(=O)C1=C(c2ccccc2)Nc2nc(SCc3ccccc3Cl)[nH]c(=O)c2C1c1ccc(C)cc1. The molecule has 6 nitrogen and oxygen atoms in total. The van der Waals surface area contributed by atoms with Gasteiger partial charge in [0.2, 0.25) is 0 Å². The molecule has 1 unspecified atom stereocenters. The zero-order chi connectivity index (χ0) is 26.6. The van der Waals surface area contributed by atoms with E-state index < -0.39 is 11.9 Å². The number of aromatic amines is 1. The number of rotatable bonds is 7. The lowest BCUT2D eigenvalue weighted by Gasteiger charge is -2.30. The minimum absolute atomic E-state index is 0.212. The number of anilines is 1. The molecule has 192 valence electrons. The van der Waals surface area contributed by atoms with Crippen LogP contribution in [0.2, 0.25) is 5.02 Å². The van der Waals surface area contributed by atoms with Gasteiger partial charge in [-0.2, -0.15) is 0 Å². The number of carbonyl (C=O) groups is 1. The van der Waals surface area contributed by atoms with Crippen LogP contribution in [0.5, 0.6) is 0 Å². The third-order valence-electron chi connectivity index (χ3n) is 6.31. The number of ether oxygens (including phenoxy) is 1. The smallest absolute Gasteiger partial charge is 0.337 e. The number of fused-ring (bicyclic) bond motifs is 1. The average molecular weight is 544 g/mol. The molecule has 1 aromatic heterocycles. The molecule has 0 radical (unpaired) electrons. The topological polar surface area (TPSA) is 84.1 Å². The lowest BCUT2D eigenvalue weighted by molar-refractivity contribution is -0.138. The third-order valence-corrected chi connectivity index (χ3v) is 7.61. The van der Waals surface area contributed by atoms with Gasteiger partial charge in [-0.25, -0.2) is 9.78 Å². The molecule has 38 heavy (non-hydrogen) atoms. The molecule has 5 rings (SSSR count). The lowest BCUT2D eigenvalue weighted by Crippen LogP contribution is -2.31. The number of nitrogens with zero attached hydrogens (tertiary/aromatic N) is 1. The van der Waals surface area contributed by atoms with Crippen molar-refractivity contribution in [3.63, 3.8) is 0 Å². The Balaban J connectivity index is 1.66. The molecule has 0 saturated heterocycles. The van der Waals surface area contributed by atoms with Crippen LogP contribution in [0.15, 0.2) is 94.4 Å². The van der Waals surface area contributed by atoms with Crippen LogP contribution >= 0.6 is 23.4 Å². The van der Waals surface area contributed by atoms with Crippen molar-refractivity contribution in [2.45, 2.75) is 30.7 Å².